The SMILES string of the molecule is CCC(C)(CO)CNc1ccc(S(N)(=O)=O)cc1Br. The fraction of sp³-hybridized carbons (Fsp3) is 0.500. The molecule has 1 aromatic carbocycles. The van der Waals surface area contributed by atoms with Crippen LogP contribution in [0.1, 0.15) is 20.3 Å². The highest BCUT2D eigenvalue weighted by Crippen LogP contribution is 2.27. The van der Waals surface area contributed by atoms with Gasteiger partial charge in [0.15, 0.2) is 0 Å². The molecule has 0 heterocycles. The van der Waals surface area contributed by atoms with E-state index >= 15 is 0 Å². The number of nitrogens with two attached hydrogens (primary N) is 1. The molecule has 0 aliphatic heterocycles. The number of hydrogen-bond donors (Lipinski definition) is 3. The molecule has 0 aliphatic carbocycles. The molecule has 108 valence electrons. The first-order valence-electron chi connectivity index (χ1n) is 5.89. The highest BCUT2D eigenvalue weighted by atomic mass is 79.9. The van der Waals surface area contributed by atoms with Crippen LogP contribution >= 0.6 is 15.9 Å². The van der Waals surface area contributed by atoms with Crippen molar-refractivity contribution in [2.75, 3.05) is 18.5 Å². The molecule has 1 unspecified atom stereocenters. The minimum absolute atomic E-state index is 0.0605. The summed E-state index contributed by atoms with van der Waals surface area (Å²) < 4.78 is 23.0. The van der Waals surface area contributed by atoms with Crippen molar-refractivity contribution in [3.05, 3.63) is 22.7 Å². The summed E-state index contributed by atoms with van der Waals surface area (Å²) in [4.78, 5) is 0.0605. The van der Waals surface area contributed by atoms with E-state index in [1.165, 1.54) is 12.1 Å². The summed E-state index contributed by atoms with van der Waals surface area (Å²) in [6.07, 6.45) is 0.837. The summed E-state index contributed by atoms with van der Waals surface area (Å²) >= 11 is 3.31. The molecule has 0 amide bonds. The van der Waals surface area contributed by atoms with Crippen LogP contribution in [0, 0.1) is 5.41 Å². The van der Waals surface area contributed by atoms with Crippen molar-refractivity contribution in [1.29, 1.82) is 0 Å². The first-order chi connectivity index (χ1) is 8.72. The van der Waals surface area contributed by atoms with E-state index in [4.69, 9.17) is 5.14 Å². The smallest absolute Gasteiger partial charge is 0.238 e. The van der Waals surface area contributed by atoms with E-state index in [0.29, 0.717) is 11.0 Å². The summed E-state index contributed by atoms with van der Waals surface area (Å²) in [6.45, 7) is 4.67. The standard InChI is InChI=1S/C12H19BrN2O3S/c1-3-12(2,8-16)7-15-11-5-4-9(6-10(11)13)19(14,17)18/h4-6,15-16H,3,7-8H2,1-2H3,(H2,14,17,18). The van der Waals surface area contributed by atoms with Crippen LogP contribution in [0.3, 0.4) is 0 Å². The van der Waals surface area contributed by atoms with Crippen LogP contribution in [0.15, 0.2) is 27.6 Å². The molecule has 0 fully saturated rings. The van der Waals surface area contributed by atoms with E-state index < -0.39 is 10.0 Å². The van der Waals surface area contributed by atoms with Gasteiger partial charge in [0.25, 0.3) is 0 Å². The summed E-state index contributed by atoms with van der Waals surface area (Å²) in [6, 6.07) is 4.56. The molecule has 1 aromatic rings. The maximum Gasteiger partial charge on any atom is 0.238 e. The van der Waals surface area contributed by atoms with Crippen molar-refractivity contribution in [2.45, 2.75) is 25.2 Å². The molecular formula is C12H19BrN2O3S. The van der Waals surface area contributed by atoms with Gasteiger partial charge in [-0.3, -0.25) is 0 Å². The van der Waals surface area contributed by atoms with E-state index in [2.05, 4.69) is 21.2 Å². The Balaban J connectivity index is 2.87. The van der Waals surface area contributed by atoms with Crippen molar-refractivity contribution in [3.8, 4) is 0 Å². The van der Waals surface area contributed by atoms with Crippen LogP contribution in [0.4, 0.5) is 5.69 Å². The Morgan fingerprint density at radius 1 is 1.47 bits per heavy atom. The first kappa shape index (κ1) is 16.4. The van der Waals surface area contributed by atoms with Crippen LogP contribution in [-0.4, -0.2) is 26.7 Å². The van der Waals surface area contributed by atoms with Crippen molar-refractivity contribution < 1.29 is 13.5 Å². The summed E-state index contributed by atoms with van der Waals surface area (Å²) in [5, 5.41) is 17.6. The third-order valence-corrected chi connectivity index (χ3v) is 4.78. The summed E-state index contributed by atoms with van der Waals surface area (Å²) in [5.41, 5.74) is 0.554. The number of nitrogens with one attached hydrogen (secondary N) is 1. The van der Waals surface area contributed by atoms with Gasteiger partial charge in [0.2, 0.25) is 10.0 Å². The Morgan fingerprint density at radius 2 is 2.11 bits per heavy atom. The quantitative estimate of drug-likeness (QED) is 0.730. The van der Waals surface area contributed by atoms with E-state index in [-0.39, 0.29) is 16.9 Å². The normalized spacial score (nSPS) is 15.0. The molecule has 4 N–H and O–H groups in total. The predicted molar refractivity (Wildman–Crippen MR) is 79.5 cm³/mol. The molecule has 0 aliphatic rings. The number of hydrogen-bond acceptors (Lipinski definition) is 4. The Bertz CT molecular complexity index is 542. The van der Waals surface area contributed by atoms with Gasteiger partial charge in [0.1, 0.15) is 0 Å². The van der Waals surface area contributed by atoms with Gasteiger partial charge < -0.3 is 10.4 Å². The molecule has 19 heavy (non-hydrogen) atoms. The van der Waals surface area contributed by atoms with Gasteiger partial charge >= 0.3 is 0 Å². The fourth-order valence-electron chi connectivity index (χ4n) is 1.42. The number of aliphatic hydroxyl groups excluding tert-OH is 1. The minimum Gasteiger partial charge on any atom is -0.396 e. The summed E-state index contributed by atoms with van der Waals surface area (Å²) in [5.74, 6) is 0. The largest absolute Gasteiger partial charge is 0.396 e. The van der Waals surface area contributed by atoms with E-state index in [9.17, 15) is 13.5 Å². The van der Waals surface area contributed by atoms with Gasteiger partial charge in [-0.2, -0.15) is 0 Å². The van der Waals surface area contributed by atoms with Crippen molar-refractivity contribution in [2.24, 2.45) is 10.6 Å². The van der Waals surface area contributed by atoms with Crippen molar-refractivity contribution in [3.63, 3.8) is 0 Å². The Hall–Kier alpha value is -0.630. The van der Waals surface area contributed by atoms with E-state index in [0.717, 1.165) is 12.1 Å². The molecular weight excluding hydrogens is 332 g/mol. The topological polar surface area (TPSA) is 92.4 Å². The number of halogens is 1. The lowest BCUT2D eigenvalue weighted by atomic mass is 9.88. The number of sulfonamides is 1. The molecule has 7 heteroatoms. The van der Waals surface area contributed by atoms with Gasteiger partial charge in [0, 0.05) is 22.1 Å². The molecule has 1 rings (SSSR count). The lowest BCUT2D eigenvalue weighted by Crippen LogP contribution is -2.29. The highest BCUT2D eigenvalue weighted by Gasteiger charge is 2.21. The van der Waals surface area contributed by atoms with Crippen LogP contribution in [0.2, 0.25) is 0 Å². The average Bonchev–Trinajstić information content (AvgIpc) is 2.35. The maximum atomic E-state index is 11.2. The Labute approximate surface area is 122 Å². The van der Waals surface area contributed by atoms with Gasteiger partial charge in [0.05, 0.1) is 11.5 Å². The maximum absolute atomic E-state index is 11.2. The van der Waals surface area contributed by atoms with Crippen molar-refractivity contribution >= 4 is 31.6 Å². The number of primary sulfonamides is 1. The third kappa shape index (κ3) is 4.45. The predicted octanol–water partition coefficient (Wildman–Crippen LogP) is 1.92. The number of aliphatic hydroxyl groups is 1. The molecule has 0 saturated carbocycles. The molecule has 0 bridgehead atoms. The molecule has 5 nitrogen and oxygen atoms in total. The molecule has 0 radical (unpaired) electrons. The Morgan fingerprint density at radius 3 is 2.53 bits per heavy atom. The van der Waals surface area contributed by atoms with Gasteiger partial charge in [-0.25, -0.2) is 13.6 Å². The molecule has 0 aromatic heterocycles. The second-order valence-corrected chi connectivity index (χ2v) is 7.28. The first-order valence-corrected chi connectivity index (χ1v) is 8.23. The van der Waals surface area contributed by atoms with Crippen LogP contribution in [0.5, 0.6) is 0 Å². The highest BCUT2D eigenvalue weighted by molar-refractivity contribution is 9.10. The zero-order valence-corrected chi connectivity index (χ0v) is 13.4. The number of benzene rings is 1. The van der Waals surface area contributed by atoms with Gasteiger partial charge in [-0.05, 0) is 40.5 Å². The van der Waals surface area contributed by atoms with E-state index in [1.54, 1.807) is 6.07 Å². The Kier molecular flexibility index (Phi) is 5.37. The number of rotatable bonds is 6. The number of anilines is 1. The monoisotopic (exact) mass is 350 g/mol. The zero-order chi connectivity index (χ0) is 14.7. The molecule has 1 atom stereocenters. The third-order valence-electron chi connectivity index (χ3n) is 3.21. The van der Waals surface area contributed by atoms with Crippen molar-refractivity contribution in [1.82, 2.24) is 0 Å². The minimum atomic E-state index is -3.69. The van der Waals surface area contributed by atoms with Gasteiger partial charge in [-0.15, -0.1) is 0 Å². The zero-order valence-electron chi connectivity index (χ0n) is 11.0. The van der Waals surface area contributed by atoms with Gasteiger partial charge in [-0.1, -0.05) is 13.8 Å². The van der Waals surface area contributed by atoms with Crippen LogP contribution in [-0.2, 0) is 10.0 Å². The van der Waals surface area contributed by atoms with Crippen LogP contribution in [0.25, 0.3) is 0 Å². The average molecular weight is 351 g/mol. The lowest BCUT2D eigenvalue weighted by molar-refractivity contribution is 0.149. The molecule has 0 saturated heterocycles. The second-order valence-electron chi connectivity index (χ2n) is 4.86. The lowest BCUT2D eigenvalue weighted by Gasteiger charge is -2.26. The summed E-state index contributed by atoms with van der Waals surface area (Å²) in [7, 11) is -3.69. The second kappa shape index (κ2) is 6.21. The fourth-order valence-corrected chi connectivity index (χ4v) is 2.63. The van der Waals surface area contributed by atoms with Crippen LogP contribution < -0.4 is 10.5 Å². The van der Waals surface area contributed by atoms with E-state index in [1.807, 2.05) is 13.8 Å². The molecule has 0 spiro atoms.